The van der Waals surface area contributed by atoms with E-state index in [0.29, 0.717) is 17.7 Å². The molecule has 112 valence electrons. The summed E-state index contributed by atoms with van der Waals surface area (Å²) in [6, 6.07) is 8.23. The summed E-state index contributed by atoms with van der Waals surface area (Å²) in [5.41, 5.74) is 1.22. The molecule has 0 aliphatic carbocycles. The van der Waals surface area contributed by atoms with E-state index in [-0.39, 0.29) is 6.10 Å². The van der Waals surface area contributed by atoms with Crippen LogP contribution in [0.5, 0.6) is 5.75 Å². The summed E-state index contributed by atoms with van der Waals surface area (Å²) >= 11 is 0. The molecule has 1 aliphatic heterocycles. The second kappa shape index (κ2) is 6.31. The zero-order chi connectivity index (χ0) is 14.7. The normalized spacial score (nSPS) is 19.9. The molecule has 0 bridgehead atoms. The molecule has 2 atom stereocenters. The molecule has 1 aromatic carbocycles. The van der Waals surface area contributed by atoms with Gasteiger partial charge in [-0.15, -0.1) is 0 Å². The van der Waals surface area contributed by atoms with Crippen molar-refractivity contribution in [1.29, 1.82) is 0 Å². The van der Waals surface area contributed by atoms with Crippen molar-refractivity contribution in [1.82, 2.24) is 10.3 Å². The van der Waals surface area contributed by atoms with Crippen molar-refractivity contribution >= 4 is 0 Å². The second-order valence-corrected chi connectivity index (χ2v) is 5.85. The van der Waals surface area contributed by atoms with Gasteiger partial charge in [-0.1, -0.05) is 32.0 Å². The van der Waals surface area contributed by atoms with E-state index in [4.69, 9.17) is 9.15 Å². The lowest BCUT2D eigenvalue weighted by Gasteiger charge is -2.23. The van der Waals surface area contributed by atoms with Crippen LogP contribution >= 0.6 is 0 Å². The summed E-state index contributed by atoms with van der Waals surface area (Å²) in [6.45, 7) is 6.33. The fourth-order valence-electron chi connectivity index (χ4n) is 2.86. The smallest absolute Gasteiger partial charge is 0.235 e. The number of benzene rings is 1. The Hall–Kier alpha value is -1.81. The molecule has 2 heterocycles. The summed E-state index contributed by atoms with van der Waals surface area (Å²) in [5, 5.41) is 3.39. The molecule has 21 heavy (non-hydrogen) atoms. The molecule has 0 amide bonds. The Morgan fingerprint density at radius 1 is 1.33 bits per heavy atom. The van der Waals surface area contributed by atoms with E-state index in [1.165, 1.54) is 5.56 Å². The van der Waals surface area contributed by atoms with Crippen LogP contribution in [0.25, 0.3) is 0 Å². The number of rotatable bonds is 5. The first-order valence-electron chi connectivity index (χ1n) is 7.61. The largest absolute Gasteiger partial charge is 0.480 e. The first-order valence-corrected chi connectivity index (χ1v) is 7.61. The average Bonchev–Trinajstić information content (AvgIpc) is 3.18. The Morgan fingerprint density at radius 3 is 2.86 bits per heavy atom. The van der Waals surface area contributed by atoms with Gasteiger partial charge in [0.15, 0.2) is 6.10 Å². The molecule has 4 nitrogen and oxygen atoms in total. The maximum Gasteiger partial charge on any atom is 0.235 e. The Labute approximate surface area is 125 Å². The minimum atomic E-state index is -0.130. The highest BCUT2D eigenvalue weighted by molar-refractivity contribution is 5.36. The van der Waals surface area contributed by atoms with E-state index >= 15 is 0 Å². The van der Waals surface area contributed by atoms with Gasteiger partial charge in [-0.3, -0.25) is 0 Å². The molecule has 0 radical (unpaired) electrons. The molecule has 1 aromatic heterocycles. The molecule has 4 heteroatoms. The van der Waals surface area contributed by atoms with Crippen molar-refractivity contribution in [3.63, 3.8) is 0 Å². The van der Waals surface area contributed by atoms with Gasteiger partial charge in [0.05, 0.1) is 6.20 Å². The zero-order valence-corrected chi connectivity index (χ0v) is 12.6. The molecule has 1 fully saturated rings. The Morgan fingerprint density at radius 2 is 2.19 bits per heavy atom. The first-order chi connectivity index (χ1) is 10.3. The lowest BCUT2D eigenvalue weighted by molar-refractivity contribution is 0.113. The van der Waals surface area contributed by atoms with E-state index in [0.717, 1.165) is 25.3 Å². The van der Waals surface area contributed by atoms with Crippen LogP contribution in [0.15, 0.2) is 41.1 Å². The number of ether oxygens (including phenoxy) is 1. The molecule has 1 aliphatic rings. The van der Waals surface area contributed by atoms with E-state index in [1.54, 1.807) is 12.5 Å². The van der Waals surface area contributed by atoms with E-state index < -0.39 is 0 Å². The molecule has 1 saturated heterocycles. The molecule has 0 unspecified atom stereocenters. The number of nitrogens with zero attached hydrogens (tertiary/aromatic N) is 1. The standard InChI is InChI=1S/C17H22N2O2/c1-12(2)14-5-3-4-6-15(14)21-16(13-7-8-18-11-13)17-19-9-10-20-17/h3-6,9-10,12-13,16,18H,7-8,11H2,1-2H3/t13-,16+/m1/s1. The second-order valence-electron chi connectivity index (χ2n) is 5.85. The van der Waals surface area contributed by atoms with Crippen LogP contribution in [0.4, 0.5) is 0 Å². The highest BCUT2D eigenvalue weighted by Gasteiger charge is 2.31. The summed E-state index contributed by atoms with van der Waals surface area (Å²) < 4.78 is 11.9. The van der Waals surface area contributed by atoms with Gasteiger partial charge in [0.1, 0.15) is 12.0 Å². The summed E-state index contributed by atoms with van der Waals surface area (Å²) in [5.74, 6) is 2.42. The molecule has 0 spiro atoms. The van der Waals surface area contributed by atoms with E-state index in [1.807, 2.05) is 12.1 Å². The van der Waals surface area contributed by atoms with Crippen molar-refractivity contribution < 1.29 is 9.15 Å². The summed E-state index contributed by atoms with van der Waals surface area (Å²) in [7, 11) is 0. The van der Waals surface area contributed by atoms with Gasteiger partial charge in [-0.25, -0.2) is 4.98 Å². The third-order valence-corrected chi connectivity index (χ3v) is 4.02. The molecule has 3 rings (SSSR count). The van der Waals surface area contributed by atoms with Gasteiger partial charge < -0.3 is 14.5 Å². The number of para-hydroxylation sites is 1. The minimum Gasteiger partial charge on any atom is -0.480 e. The Balaban J connectivity index is 1.88. The number of hydrogen-bond donors (Lipinski definition) is 1. The van der Waals surface area contributed by atoms with Crippen LogP contribution in [-0.4, -0.2) is 18.1 Å². The van der Waals surface area contributed by atoms with E-state index in [2.05, 4.69) is 36.3 Å². The van der Waals surface area contributed by atoms with Crippen LogP contribution in [-0.2, 0) is 0 Å². The van der Waals surface area contributed by atoms with Crippen molar-refractivity contribution in [3.8, 4) is 5.75 Å². The maximum atomic E-state index is 6.34. The third-order valence-electron chi connectivity index (χ3n) is 4.02. The Bertz CT molecular complexity index is 560. The van der Waals surface area contributed by atoms with Crippen LogP contribution in [0.3, 0.4) is 0 Å². The number of hydrogen-bond acceptors (Lipinski definition) is 4. The fraction of sp³-hybridized carbons (Fsp3) is 0.471. The number of nitrogens with one attached hydrogen (secondary N) is 1. The summed E-state index contributed by atoms with van der Waals surface area (Å²) in [4.78, 5) is 4.31. The van der Waals surface area contributed by atoms with Crippen LogP contribution < -0.4 is 10.1 Å². The lowest BCUT2D eigenvalue weighted by Crippen LogP contribution is -2.22. The fourth-order valence-corrected chi connectivity index (χ4v) is 2.86. The SMILES string of the molecule is CC(C)c1ccccc1O[C@H](c1ncco1)[C@@H]1CCNC1. The number of oxazole rings is 1. The molecule has 2 aromatic rings. The predicted octanol–water partition coefficient (Wildman–Crippen LogP) is 3.53. The minimum absolute atomic E-state index is 0.130. The lowest BCUT2D eigenvalue weighted by atomic mass is 9.99. The van der Waals surface area contributed by atoms with Gasteiger partial charge in [0.25, 0.3) is 0 Å². The molecule has 0 saturated carbocycles. The zero-order valence-electron chi connectivity index (χ0n) is 12.6. The summed E-state index contributed by atoms with van der Waals surface area (Å²) in [6.07, 6.45) is 4.25. The van der Waals surface area contributed by atoms with Crippen molar-refractivity contribution in [3.05, 3.63) is 48.2 Å². The number of aromatic nitrogens is 1. The highest BCUT2D eigenvalue weighted by atomic mass is 16.5. The quantitative estimate of drug-likeness (QED) is 0.913. The van der Waals surface area contributed by atoms with E-state index in [9.17, 15) is 0 Å². The van der Waals surface area contributed by atoms with Crippen LogP contribution in [0, 0.1) is 5.92 Å². The van der Waals surface area contributed by atoms with Crippen molar-refractivity contribution in [2.75, 3.05) is 13.1 Å². The topological polar surface area (TPSA) is 47.3 Å². The van der Waals surface area contributed by atoms with Crippen molar-refractivity contribution in [2.24, 2.45) is 5.92 Å². The van der Waals surface area contributed by atoms with Gasteiger partial charge in [0.2, 0.25) is 5.89 Å². The van der Waals surface area contributed by atoms with Gasteiger partial charge in [-0.05, 0) is 30.5 Å². The Kier molecular flexibility index (Phi) is 4.25. The third kappa shape index (κ3) is 3.10. The average molecular weight is 286 g/mol. The highest BCUT2D eigenvalue weighted by Crippen LogP contribution is 2.34. The monoisotopic (exact) mass is 286 g/mol. The molecule has 1 N–H and O–H groups in total. The van der Waals surface area contributed by atoms with Gasteiger partial charge in [0, 0.05) is 12.5 Å². The molecular formula is C17H22N2O2. The van der Waals surface area contributed by atoms with Crippen LogP contribution in [0.1, 0.15) is 43.7 Å². The van der Waals surface area contributed by atoms with Crippen molar-refractivity contribution in [2.45, 2.75) is 32.3 Å². The van der Waals surface area contributed by atoms with Gasteiger partial charge >= 0.3 is 0 Å². The van der Waals surface area contributed by atoms with Gasteiger partial charge in [-0.2, -0.15) is 0 Å². The van der Waals surface area contributed by atoms with Crippen LogP contribution in [0.2, 0.25) is 0 Å². The predicted molar refractivity (Wildman–Crippen MR) is 81.4 cm³/mol. The maximum absolute atomic E-state index is 6.34. The first kappa shape index (κ1) is 14.1. The molecular weight excluding hydrogens is 264 g/mol.